The van der Waals surface area contributed by atoms with E-state index in [2.05, 4.69) is 0 Å². The number of aryl methyl sites for hydroxylation is 2. The summed E-state index contributed by atoms with van der Waals surface area (Å²) in [6, 6.07) is 9.71. The first-order chi connectivity index (χ1) is 10.1. The zero-order chi connectivity index (χ0) is 15.4. The second-order valence-corrected chi connectivity index (χ2v) is 4.98. The number of pyridine rings is 1. The molecule has 0 saturated heterocycles. The maximum absolute atomic E-state index is 12.2. The zero-order valence-electron chi connectivity index (χ0n) is 13.0. The molecule has 0 amide bonds. The largest absolute Gasteiger partial charge is 0.468 e. The maximum Gasteiger partial charge on any atom is 0.253 e. The molecule has 0 N–H and O–H groups in total. The Balaban J connectivity index is 2.48. The summed E-state index contributed by atoms with van der Waals surface area (Å²) < 4.78 is 12.1. The Labute approximate surface area is 124 Å². The van der Waals surface area contributed by atoms with Crippen molar-refractivity contribution in [2.24, 2.45) is 0 Å². The molecule has 0 bridgehead atoms. The number of methoxy groups -OCH3 is 1. The van der Waals surface area contributed by atoms with Crippen LogP contribution in [0.5, 0.6) is 5.75 Å². The Morgan fingerprint density at radius 1 is 1.10 bits per heavy atom. The summed E-state index contributed by atoms with van der Waals surface area (Å²) in [6.07, 6.45) is 0. The highest BCUT2D eigenvalue weighted by Gasteiger charge is 2.10. The van der Waals surface area contributed by atoms with E-state index in [4.69, 9.17) is 9.47 Å². The van der Waals surface area contributed by atoms with E-state index in [1.807, 2.05) is 51.1 Å². The Morgan fingerprint density at radius 3 is 2.48 bits per heavy atom. The van der Waals surface area contributed by atoms with Gasteiger partial charge in [0.15, 0.2) is 6.79 Å². The maximum atomic E-state index is 12.2. The van der Waals surface area contributed by atoms with E-state index < -0.39 is 0 Å². The summed E-state index contributed by atoms with van der Waals surface area (Å²) in [6.45, 7) is 6.71. The van der Waals surface area contributed by atoms with E-state index in [-0.39, 0.29) is 12.4 Å². The molecule has 0 aliphatic rings. The van der Waals surface area contributed by atoms with Crippen molar-refractivity contribution in [3.8, 4) is 17.0 Å². The molecule has 2 rings (SSSR count). The van der Waals surface area contributed by atoms with Gasteiger partial charge < -0.3 is 14.0 Å². The van der Waals surface area contributed by atoms with E-state index in [0.29, 0.717) is 6.54 Å². The van der Waals surface area contributed by atoms with Crippen LogP contribution in [-0.2, 0) is 11.3 Å². The molecule has 1 aromatic carbocycles. The van der Waals surface area contributed by atoms with Gasteiger partial charge in [0.2, 0.25) is 0 Å². The molecule has 0 atom stereocenters. The van der Waals surface area contributed by atoms with Crippen molar-refractivity contribution >= 4 is 0 Å². The highest BCUT2D eigenvalue weighted by molar-refractivity contribution is 5.65. The first-order valence-electron chi connectivity index (χ1n) is 7.01. The molecule has 4 nitrogen and oxygen atoms in total. The van der Waals surface area contributed by atoms with Crippen LogP contribution in [0.4, 0.5) is 0 Å². The average molecular weight is 287 g/mol. The molecular weight excluding hydrogens is 266 g/mol. The van der Waals surface area contributed by atoms with Gasteiger partial charge in [0.25, 0.3) is 5.56 Å². The third-order valence-electron chi connectivity index (χ3n) is 3.50. The van der Waals surface area contributed by atoms with Gasteiger partial charge in [-0.3, -0.25) is 4.79 Å². The van der Waals surface area contributed by atoms with Gasteiger partial charge in [-0.15, -0.1) is 0 Å². The van der Waals surface area contributed by atoms with Crippen LogP contribution in [0.3, 0.4) is 0 Å². The minimum atomic E-state index is 0.0640. The first-order valence-corrected chi connectivity index (χ1v) is 7.01. The molecule has 1 heterocycles. The van der Waals surface area contributed by atoms with Crippen LogP contribution in [0.15, 0.2) is 35.1 Å². The molecule has 0 unspecified atom stereocenters. The zero-order valence-corrected chi connectivity index (χ0v) is 13.0. The fraction of sp³-hybridized carbons (Fsp3) is 0.353. The number of nitrogens with zero attached hydrogens (tertiary/aromatic N) is 1. The van der Waals surface area contributed by atoms with E-state index in [1.54, 1.807) is 11.7 Å². The second kappa shape index (κ2) is 6.59. The smallest absolute Gasteiger partial charge is 0.253 e. The van der Waals surface area contributed by atoms with E-state index in [0.717, 1.165) is 28.1 Å². The van der Waals surface area contributed by atoms with Gasteiger partial charge in [-0.05, 0) is 50.6 Å². The van der Waals surface area contributed by atoms with Crippen molar-refractivity contribution in [3.63, 3.8) is 0 Å². The standard InChI is InChI=1S/C17H21NO3/c1-5-18-16(9-6-12(2)17(18)19)15-8-7-14(10-13(15)3)21-11-20-4/h6-10H,5,11H2,1-4H3. The molecule has 0 fully saturated rings. The van der Waals surface area contributed by atoms with E-state index >= 15 is 0 Å². The molecular formula is C17H21NO3. The molecule has 21 heavy (non-hydrogen) atoms. The summed E-state index contributed by atoms with van der Waals surface area (Å²) in [7, 11) is 1.59. The van der Waals surface area contributed by atoms with Crippen molar-refractivity contribution in [2.75, 3.05) is 13.9 Å². The molecule has 0 aliphatic heterocycles. The van der Waals surface area contributed by atoms with Crippen LogP contribution in [0, 0.1) is 13.8 Å². The molecule has 0 radical (unpaired) electrons. The number of hydrogen-bond acceptors (Lipinski definition) is 3. The van der Waals surface area contributed by atoms with Gasteiger partial charge in [0, 0.05) is 24.8 Å². The molecule has 2 aromatic rings. The SMILES string of the molecule is CCn1c(-c2ccc(OCOC)cc2C)ccc(C)c1=O. The van der Waals surface area contributed by atoms with Gasteiger partial charge in [0.1, 0.15) is 5.75 Å². The number of hydrogen-bond donors (Lipinski definition) is 0. The van der Waals surface area contributed by atoms with Crippen LogP contribution in [0.25, 0.3) is 11.3 Å². The summed E-state index contributed by atoms with van der Waals surface area (Å²) in [5, 5.41) is 0. The Morgan fingerprint density at radius 2 is 1.86 bits per heavy atom. The fourth-order valence-corrected chi connectivity index (χ4v) is 2.38. The molecule has 4 heteroatoms. The Kier molecular flexibility index (Phi) is 4.81. The summed E-state index contributed by atoms with van der Waals surface area (Å²) in [5.41, 5.74) is 3.86. The number of aromatic nitrogens is 1. The van der Waals surface area contributed by atoms with E-state index in [1.165, 1.54) is 0 Å². The number of ether oxygens (including phenoxy) is 2. The van der Waals surface area contributed by atoms with Gasteiger partial charge in [-0.1, -0.05) is 6.07 Å². The highest BCUT2D eigenvalue weighted by Crippen LogP contribution is 2.26. The second-order valence-electron chi connectivity index (χ2n) is 4.98. The lowest BCUT2D eigenvalue weighted by Crippen LogP contribution is -2.22. The van der Waals surface area contributed by atoms with Crippen LogP contribution in [-0.4, -0.2) is 18.5 Å². The molecule has 112 valence electrons. The van der Waals surface area contributed by atoms with Crippen LogP contribution < -0.4 is 10.3 Å². The molecule has 0 aliphatic carbocycles. The van der Waals surface area contributed by atoms with E-state index in [9.17, 15) is 4.79 Å². The van der Waals surface area contributed by atoms with Crippen molar-refractivity contribution < 1.29 is 9.47 Å². The van der Waals surface area contributed by atoms with Crippen molar-refractivity contribution in [3.05, 3.63) is 51.8 Å². The highest BCUT2D eigenvalue weighted by atomic mass is 16.7. The van der Waals surface area contributed by atoms with Gasteiger partial charge >= 0.3 is 0 Å². The predicted molar refractivity (Wildman–Crippen MR) is 83.8 cm³/mol. The normalized spacial score (nSPS) is 10.7. The number of benzene rings is 1. The van der Waals surface area contributed by atoms with Crippen LogP contribution >= 0.6 is 0 Å². The predicted octanol–water partition coefficient (Wildman–Crippen LogP) is 3.13. The summed E-state index contributed by atoms with van der Waals surface area (Å²) in [5.74, 6) is 0.760. The van der Waals surface area contributed by atoms with Crippen molar-refractivity contribution in [1.82, 2.24) is 4.57 Å². The Hall–Kier alpha value is -2.07. The molecule has 0 spiro atoms. The minimum absolute atomic E-state index is 0.0640. The topological polar surface area (TPSA) is 40.5 Å². The van der Waals surface area contributed by atoms with Gasteiger partial charge in [0.05, 0.1) is 5.69 Å². The lowest BCUT2D eigenvalue weighted by Gasteiger charge is -2.15. The third-order valence-corrected chi connectivity index (χ3v) is 3.50. The minimum Gasteiger partial charge on any atom is -0.468 e. The van der Waals surface area contributed by atoms with Crippen LogP contribution in [0.2, 0.25) is 0 Å². The van der Waals surface area contributed by atoms with Gasteiger partial charge in [-0.2, -0.15) is 0 Å². The monoisotopic (exact) mass is 287 g/mol. The lowest BCUT2D eigenvalue weighted by atomic mass is 10.0. The summed E-state index contributed by atoms with van der Waals surface area (Å²) >= 11 is 0. The molecule has 1 aromatic heterocycles. The van der Waals surface area contributed by atoms with Crippen molar-refractivity contribution in [1.29, 1.82) is 0 Å². The molecule has 0 saturated carbocycles. The van der Waals surface area contributed by atoms with Crippen LogP contribution in [0.1, 0.15) is 18.1 Å². The average Bonchev–Trinajstić information content (AvgIpc) is 2.48. The third kappa shape index (κ3) is 3.16. The van der Waals surface area contributed by atoms with Gasteiger partial charge in [-0.25, -0.2) is 0 Å². The lowest BCUT2D eigenvalue weighted by molar-refractivity contribution is 0.0511. The Bertz CT molecular complexity index is 689. The van der Waals surface area contributed by atoms with Crippen molar-refractivity contribution in [2.45, 2.75) is 27.3 Å². The number of rotatable bonds is 5. The fourth-order valence-electron chi connectivity index (χ4n) is 2.38. The quantitative estimate of drug-likeness (QED) is 0.793. The first kappa shape index (κ1) is 15.3. The summed E-state index contributed by atoms with van der Waals surface area (Å²) in [4.78, 5) is 12.2.